The molecule has 4 aromatic rings. The van der Waals surface area contributed by atoms with Gasteiger partial charge in [0, 0.05) is 10.2 Å². The van der Waals surface area contributed by atoms with Crippen LogP contribution in [0.15, 0.2) is 107 Å². The Labute approximate surface area is 238 Å². The lowest BCUT2D eigenvalue weighted by molar-refractivity contribution is -0.136. The lowest BCUT2D eigenvalue weighted by atomic mass is 10.1. The highest BCUT2D eigenvalue weighted by atomic mass is 79.9. The van der Waals surface area contributed by atoms with Crippen LogP contribution in [-0.2, 0) is 9.59 Å². The third kappa shape index (κ3) is 7.71. The molecule has 0 aliphatic rings. The molecule has 0 radical (unpaired) electrons. The van der Waals surface area contributed by atoms with E-state index in [9.17, 15) is 19.2 Å². The van der Waals surface area contributed by atoms with Crippen molar-refractivity contribution in [3.63, 3.8) is 0 Å². The molecule has 10 heteroatoms. The maximum atomic E-state index is 12.8. The highest BCUT2D eigenvalue weighted by molar-refractivity contribution is 9.10. The normalized spacial score (nSPS) is 10.6. The average Bonchev–Trinajstić information content (AvgIpc) is 2.94. The van der Waals surface area contributed by atoms with Gasteiger partial charge in [0.2, 0.25) is 0 Å². The molecule has 0 saturated carbocycles. The number of halogens is 1. The molecule has 0 atom stereocenters. The summed E-state index contributed by atoms with van der Waals surface area (Å²) in [4.78, 5) is 49.7. The van der Waals surface area contributed by atoms with E-state index in [-0.39, 0.29) is 11.3 Å². The first-order valence-electron chi connectivity index (χ1n) is 12.0. The molecule has 0 aromatic heterocycles. The first-order valence-corrected chi connectivity index (χ1v) is 12.8. The maximum Gasteiger partial charge on any atom is 0.343 e. The molecule has 4 rings (SSSR count). The van der Waals surface area contributed by atoms with E-state index in [0.29, 0.717) is 22.6 Å². The predicted molar refractivity (Wildman–Crippen MR) is 155 cm³/mol. The van der Waals surface area contributed by atoms with E-state index in [1.54, 1.807) is 66.7 Å². The number of hydrogen-bond donors (Lipinski definition) is 3. The van der Waals surface area contributed by atoms with Gasteiger partial charge >= 0.3 is 17.8 Å². The minimum absolute atomic E-state index is 0.171. The Bertz CT molecular complexity index is 1580. The van der Waals surface area contributed by atoms with Crippen LogP contribution in [0.25, 0.3) is 0 Å². The molecule has 40 heavy (non-hydrogen) atoms. The number of anilines is 2. The van der Waals surface area contributed by atoms with E-state index in [1.807, 2.05) is 25.1 Å². The average molecular weight is 599 g/mol. The number of carbonyl (C=O) groups excluding carboxylic acids is 4. The van der Waals surface area contributed by atoms with Gasteiger partial charge in [0.25, 0.3) is 5.91 Å². The summed E-state index contributed by atoms with van der Waals surface area (Å²) in [5.41, 5.74) is 5.09. The number of ether oxygens (including phenoxy) is 1. The molecule has 3 N–H and O–H groups in total. The van der Waals surface area contributed by atoms with Gasteiger partial charge in [0.1, 0.15) is 5.75 Å². The van der Waals surface area contributed by atoms with Crippen LogP contribution in [0.2, 0.25) is 0 Å². The first kappa shape index (κ1) is 27.9. The van der Waals surface area contributed by atoms with Crippen molar-refractivity contribution in [1.82, 2.24) is 5.43 Å². The zero-order valence-corrected chi connectivity index (χ0v) is 22.8. The Kier molecular flexibility index (Phi) is 9.16. The molecule has 3 amide bonds. The van der Waals surface area contributed by atoms with Gasteiger partial charge in [-0.2, -0.15) is 5.10 Å². The molecule has 0 aliphatic heterocycles. The zero-order chi connectivity index (χ0) is 28.5. The summed E-state index contributed by atoms with van der Waals surface area (Å²) in [6.07, 6.45) is 1.33. The number of nitrogens with zero attached hydrogens (tertiary/aromatic N) is 1. The quantitative estimate of drug-likeness (QED) is 0.0872. The fourth-order valence-corrected chi connectivity index (χ4v) is 3.74. The molecule has 0 aliphatic carbocycles. The van der Waals surface area contributed by atoms with Gasteiger partial charge in [-0.25, -0.2) is 10.2 Å². The zero-order valence-electron chi connectivity index (χ0n) is 21.2. The second kappa shape index (κ2) is 13.1. The van der Waals surface area contributed by atoms with Crippen LogP contribution in [0.5, 0.6) is 5.75 Å². The van der Waals surface area contributed by atoms with Crippen LogP contribution in [-0.4, -0.2) is 29.9 Å². The van der Waals surface area contributed by atoms with Crippen molar-refractivity contribution in [3.05, 3.63) is 124 Å². The van der Waals surface area contributed by atoms with Gasteiger partial charge in [-0.3, -0.25) is 14.4 Å². The summed E-state index contributed by atoms with van der Waals surface area (Å²) in [5, 5.41) is 9.01. The van der Waals surface area contributed by atoms with E-state index < -0.39 is 23.7 Å². The van der Waals surface area contributed by atoms with Crippen molar-refractivity contribution in [2.75, 3.05) is 10.6 Å². The van der Waals surface area contributed by atoms with Crippen LogP contribution >= 0.6 is 15.9 Å². The Morgan fingerprint density at radius 1 is 0.800 bits per heavy atom. The maximum absolute atomic E-state index is 12.8. The van der Waals surface area contributed by atoms with Gasteiger partial charge in [-0.1, -0.05) is 40.2 Å². The minimum Gasteiger partial charge on any atom is -0.423 e. The van der Waals surface area contributed by atoms with E-state index in [2.05, 4.69) is 37.1 Å². The number of nitrogens with one attached hydrogen (secondary N) is 3. The smallest absolute Gasteiger partial charge is 0.343 e. The molecule has 0 unspecified atom stereocenters. The summed E-state index contributed by atoms with van der Waals surface area (Å²) in [6, 6.07) is 26.8. The molecule has 0 saturated heterocycles. The monoisotopic (exact) mass is 598 g/mol. The molecule has 0 spiro atoms. The largest absolute Gasteiger partial charge is 0.423 e. The van der Waals surface area contributed by atoms with Crippen LogP contribution < -0.4 is 20.8 Å². The Hall–Kier alpha value is -5.09. The number of carbonyl (C=O) groups is 4. The Morgan fingerprint density at radius 2 is 1.52 bits per heavy atom. The van der Waals surface area contributed by atoms with Crippen molar-refractivity contribution in [2.45, 2.75) is 6.92 Å². The fraction of sp³-hybridized carbons (Fsp3) is 0.0333. The van der Waals surface area contributed by atoms with E-state index in [0.717, 1.165) is 10.0 Å². The summed E-state index contributed by atoms with van der Waals surface area (Å²) in [5.74, 6) is -2.63. The van der Waals surface area contributed by atoms with Gasteiger partial charge in [0.15, 0.2) is 0 Å². The summed E-state index contributed by atoms with van der Waals surface area (Å²) in [7, 11) is 0. The van der Waals surface area contributed by atoms with Crippen molar-refractivity contribution in [1.29, 1.82) is 0 Å². The lowest BCUT2D eigenvalue weighted by Crippen LogP contribution is -2.33. The van der Waals surface area contributed by atoms with E-state index >= 15 is 0 Å². The fourth-order valence-electron chi connectivity index (χ4n) is 3.48. The van der Waals surface area contributed by atoms with E-state index in [1.165, 1.54) is 18.3 Å². The van der Waals surface area contributed by atoms with Crippen LogP contribution in [0, 0.1) is 6.92 Å². The summed E-state index contributed by atoms with van der Waals surface area (Å²) < 4.78 is 6.19. The van der Waals surface area contributed by atoms with Gasteiger partial charge in [-0.15, -0.1) is 0 Å². The van der Waals surface area contributed by atoms with Gasteiger partial charge < -0.3 is 15.4 Å². The molecular weight excluding hydrogens is 576 g/mol. The molecule has 9 nitrogen and oxygen atoms in total. The number of esters is 1. The van der Waals surface area contributed by atoms with E-state index in [4.69, 9.17) is 4.74 Å². The van der Waals surface area contributed by atoms with Gasteiger partial charge in [0.05, 0.1) is 23.0 Å². The summed E-state index contributed by atoms with van der Waals surface area (Å²) in [6.45, 7) is 1.91. The number of amides is 3. The number of hydrazone groups is 1. The molecule has 200 valence electrons. The topological polar surface area (TPSA) is 126 Å². The highest BCUT2D eigenvalue weighted by Crippen LogP contribution is 2.19. The van der Waals surface area contributed by atoms with Crippen molar-refractivity contribution in [2.24, 2.45) is 5.10 Å². The molecular formula is C30H23BrN4O5. The first-order chi connectivity index (χ1) is 19.3. The number of benzene rings is 4. The molecule has 0 fully saturated rings. The second-order valence-electron chi connectivity index (χ2n) is 8.49. The molecule has 0 heterocycles. The molecule has 4 aromatic carbocycles. The minimum atomic E-state index is -1.02. The van der Waals surface area contributed by atoms with Crippen LogP contribution in [0.4, 0.5) is 11.4 Å². The number of rotatable bonds is 7. The number of para-hydroxylation sites is 1. The van der Waals surface area contributed by atoms with Crippen molar-refractivity contribution < 1.29 is 23.9 Å². The lowest BCUT2D eigenvalue weighted by Gasteiger charge is -2.11. The van der Waals surface area contributed by atoms with Crippen LogP contribution in [0.1, 0.15) is 31.8 Å². The SMILES string of the molecule is Cc1cccc(NC(=O)c2ccccc2NC(=O)C(=O)NN=Cc2ccc(OC(=O)c3ccc(Br)cc3)cc2)c1. The predicted octanol–water partition coefficient (Wildman–Crippen LogP) is 5.32. The number of hydrogen-bond acceptors (Lipinski definition) is 6. The molecule has 0 bridgehead atoms. The third-order valence-corrected chi connectivity index (χ3v) is 5.98. The van der Waals surface area contributed by atoms with Crippen molar-refractivity contribution in [3.8, 4) is 5.75 Å². The van der Waals surface area contributed by atoms with Crippen LogP contribution in [0.3, 0.4) is 0 Å². The Morgan fingerprint density at radius 3 is 2.25 bits per heavy atom. The second-order valence-corrected chi connectivity index (χ2v) is 9.40. The number of aryl methyl sites for hydroxylation is 1. The standard InChI is InChI=1S/C30H23BrN4O5/c1-19-5-4-6-23(17-19)33-27(36)25-7-2-3-8-26(25)34-28(37)29(38)35-32-18-20-9-15-24(16-10-20)40-30(39)21-11-13-22(31)14-12-21/h2-18H,1H3,(H,33,36)(H,34,37)(H,35,38). The van der Waals surface area contributed by atoms with Crippen molar-refractivity contribution >= 4 is 57.2 Å². The third-order valence-electron chi connectivity index (χ3n) is 5.45. The van der Waals surface area contributed by atoms with Gasteiger partial charge in [-0.05, 0) is 90.8 Å². The summed E-state index contributed by atoms with van der Waals surface area (Å²) >= 11 is 3.31. The highest BCUT2D eigenvalue weighted by Gasteiger charge is 2.18. The Balaban J connectivity index is 1.30.